The fourth-order valence-corrected chi connectivity index (χ4v) is 1.70. The van der Waals surface area contributed by atoms with E-state index in [0.29, 0.717) is 6.42 Å². The van der Waals surface area contributed by atoms with E-state index in [1.807, 2.05) is 24.3 Å². The largest absolute Gasteiger partial charge is 0.229 e. The van der Waals surface area contributed by atoms with Crippen LogP contribution in [0.15, 0.2) is 28.7 Å². The van der Waals surface area contributed by atoms with Crippen molar-refractivity contribution in [3.63, 3.8) is 0 Å². The number of primary sulfonamides is 1. The summed E-state index contributed by atoms with van der Waals surface area (Å²) in [6, 6.07) is 7.49. The van der Waals surface area contributed by atoms with Crippen molar-refractivity contribution < 1.29 is 8.42 Å². The van der Waals surface area contributed by atoms with Crippen LogP contribution in [0.5, 0.6) is 0 Å². The van der Waals surface area contributed by atoms with Gasteiger partial charge in [-0.25, -0.2) is 13.6 Å². The highest BCUT2D eigenvalue weighted by Gasteiger charge is 2.02. The molecule has 1 rings (SSSR count). The fraction of sp³-hybridized carbons (Fsp3) is 0.250. The Bertz CT molecular complexity index is 372. The van der Waals surface area contributed by atoms with Gasteiger partial charge in [0.15, 0.2) is 0 Å². The third-order valence-corrected chi connectivity index (χ3v) is 2.89. The van der Waals surface area contributed by atoms with Gasteiger partial charge in [-0.2, -0.15) is 0 Å². The van der Waals surface area contributed by atoms with Gasteiger partial charge in [-0.1, -0.05) is 28.1 Å². The zero-order chi connectivity index (χ0) is 9.90. The van der Waals surface area contributed by atoms with Crippen molar-refractivity contribution in [2.45, 2.75) is 6.42 Å². The minimum absolute atomic E-state index is 0.00533. The Morgan fingerprint density at radius 2 is 1.77 bits per heavy atom. The zero-order valence-electron chi connectivity index (χ0n) is 6.90. The molecule has 0 unspecified atom stereocenters. The molecule has 0 fully saturated rings. The van der Waals surface area contributed by atoms with Gasteiger partial charge in [-0.05, 0) is 24.1 Å². The molecular weight excluding hydrogens is 254 g/mol. The monoisotopic (exact) mass is 263 g/mol. The molecule has 0 atom stereocenters. The molecule has 1 aromatic rings. The van der Waals surface area contributed by atoms with Crippen LogP contribution in [0.4, 0.5) is 0 Å². The molecule has 0 heterocycles. The molecule has 0 aliphatic carbocycles. The van der Waals surface area contributed by atoms with E-state index in [-0.39, 0.29) is 5.75 Å². The molecule has 0 radical (unpaired) electrons. The number of benzene rings is 1. The van der Waals surface area contributed by atoms with Crippen LogP contribution in [0.1, 0.15) is 5.56 Å². The van der Waals surface area contributed by atoms with Gasteiger partial charge >= 0.3 is 0 Å². The first-order chi connectivity index (χ1) is 5.97. The van der Waals surface area contributed by atoms with Crippen molar-refractivity contribution in [2.24, 2.45) is 5.14 Å². The van der Waals surface area contributed by atoms with Crippen LogP contribution in [-0.2, 0) is 16.4 Å². The SMILES string of the molecule is NS(=O)(=O)CCc1ccc(Br)cc1. The average molecular weight is 264 g/mol. The molecule has 2 N–H and O–H groups in total. The van der Waals surface area contributed by atoms with Crippen molar-refractivity contribution in [2.75, 3.05) is 5.75 Å². The summed E-state index contributed by atoms with van der Waals surface area (Å²) in [7, 11) is -3.34. The first-order valence-electron chi connectivity index (χ1n) is 3.72. The van der Waals surface area contributed by atoms with Gasteiger partial charge < -0.3 is 0 Å². The van der Waals surface area contributed by atoms with Gasteiger partial charge in [-0.3, -0.25) is 0 Å². The summed E-state index contributed by atoms with van der Waals surface area (Å²) in [6.45, 7) is 0. The summed E-state index contributed by atoms with van der Waals surface area (Å²) in [5, 5.41) is 4.88. The Balaban J connectivity index is 2.61. The lowest BCUT2D eigenvalue weighted by molar-refractivity contribution is 0.597. The molecule has 0 aromatic heterocycles. The summed E-state index contributed by atoms with van der Waals surface area (Å²) >= 11 is 3.29. The molecule has 13 heavy (non-hydrogen) atoms. The topological polar surface area (TPSA) is 60.2 Å². The molecule has 1 aromatic carbocycles. The Hall–Kier alpha value is -0.390. The maximum atomic E-state index is 10.6. The van der Waals surface area contributed by atoms with E-state index < -0.39 is 10.0 Å². The minimum atomic E-state index is -3.34. The van der Waals surface area contributed by atoms with Gasteiger partial charge in [-0.15, -0.1) is 0 Å². The molecule has 0 amide bonds. The highest BCUT2D eigenvalue weighted by molar-refractivity contribution is 9.10. The van der Waals surface area contributed by atoms with Crippen LogP contribution >= 0.6 is 15.9 Å². The maximum absolute atomic E-state index is 10.6. The van der Waals surface area contributed by atoms with Crippen LogP contribution in [0.2, 0.25) is 0 Å². The summed E-state index contributed by atoms with van der Waals surface area (Å²) < 4.78 is 22.3. The predicted molar refractivity (Wildman–Crippen MR) is 55.8 cm³/mol. The molecule has 0 bridgehead atoms. The van der Waals surface area contributed by atoms with E-state index in [9.17, 15) is 8.42 Å². The Morgan fingerprint density at radius 1 is 1.23 bits per heavy atom. The fourth-order valence-electron chi connectivity index (χ4n) is 0.911. The van der Waals surface area contributed by atoms with Crippen molar-refractivity contribution in [1.82, 2.24) is 0 Å². The van der Waals surface area contributed by atoms with E-state index in [1.54, 1.807) is 0 Å². The summed E-state index contributed by atoms with van der Waals surface area (Å²) in [4.78, 5) is 0. The molecule has 0 spiro atoms. The number of aryl methyl sites for hydroxylation is 1. The second-order valence-corrected chi connectivity index (χ2v) is 5.39. The number of rotatable bonds is 3. The number of halogens is 1. The lowest BCUT2D eigenvalue weighted by atomic mass is 10.2. The predicted octanol–water partition coefficient (Wildman–Crippen LogP) is 1.28. The Labute approximate surface area is 86.1 Å². The van der Waals surface area contributed by atoms with Gasteiger partial charge in [0.05, 0.1) is 5.75 Å². The van der Waals surface area contributed by atoms with Gasteiger partial charge in [0.1, 0.15) is 0 Å². The number of nitrogens with two attached hydrogens (primary N) is 1. The molecule has 72 valence electrons. The smallest absolute Gasteiger partial charge is 0.209 e. The highest BCUT2D eigenvalue weighted by atomic mass is 79.9. The third kappa shape index (κ3) is 4.40. The van der Waals surface area contributed by atoms with Crippen LogP contribution in [-0.4, -0.2) is 14.2 Å². The molecule has 5 heteroatoms. The van der Waals surface area contributed by atoms with Crippen molar-refractivity contribution in [3.8, 4) is 0 Å². The van der Waals surface area contributed by atoms with Crippen molar-refractivity contribution in [3.05, 3.63) is 34.3 Å². The van der Waals surface area contributed by atoms with Crippen LogP contribution in [0.3, 0.4) is 0 Å². The van der Waals surface area contributed by atoms with Crippen molar-refractivity contribution >= 4 is 26.0 Å². The number of hydrogen-bond acceptors (Lipinski definition) is 2. The summed E-state index contributed by atoms with van der Waals surface area (Å²) in [5.41, 5.74) is 0.970. The van der Waals surface area contributed by atoms with E-state index in [0.717, 1.165) is 10.0 Å². The average Bonchev–Trinajstić information content (AvgIpc) is 2.02. The van der Waals surface area contributed by atoms with E-state index >= 15 is 0 Å². The van der Waals surface area contributed by atoms with E-state index in [2.05, 4.69) is 15.9 Å². The lowest BCUT2D eigenvalue weighted by Crippen LogP contribution is -2.17. The summed E-state index contributed by atoms with van der Waals surface area (Å²) in [5.74, 6) is -0.00533. The second kappa shape index (κ2) is 4.21. The lowest BCUT2D eigenvalue weighted by Gasteiger charge is -1.99. The first kappa shape index (κ1) is 10.7. The highest BCUT2D eigenvalue weighted by Crippen LogP contribution is 2.10. The van der Waals surface area contributed by atoms with Crippen molar-refractivity contribution in [1.29, 1.82) is 0 Å². The summed E-state index contributed by atoms with van der Waals surface area (Å²) in [6.07, 6.45) is 0.464. The minimum Gasteiger partial charge on any atom is -0.229 e. The third-order valence-electron chi connectivity index (χ3n) is 1.59. The Kier molecular flexibility index (Phi) is 3.47. The zero-order valence-corrected chi connectivity index (χ0v) is 9.31. The van der Waals surface area contributed by atoms with Crippen LogP contribution in [0.25, 0.3) is 0 Å². The first-order valence-corrected chi connectivity index (χ1v) is 6.23. The van der Waals surface area contributed by atoms with E-state index in [4.69, 9.17) is 5.14 Å². The van der Waals surface area contributed by atoms with Gasteiger partial charge in [0, 0.05) is 4.47 Å². The molecule has 0 saturated heterocycles. The molecular formula is C8H10BrNO2S. The van der Waals surface area contributed by atoms with Crippen LogP contribution in [0, 0.1) is 0 Å². The quantitative estimate of drug-likeness (QED) is 0.893. The van der Waals surface area contributed by atoms with Crippen LogP contribution < -0.4 is 5.14 Å². The molecule has 0 aliphatic heterocycles. The Morgan fingerprint density at radius 3 is 2.23 bits per heavy atom. The van der Waals surface area contributed by atoms with Gasteiger partial charge in [0.25, 0.3) is 0 Å². The molecule has 3 nitrogen and oxygen atoms in total. The molecule has 0 saturated carbocycles. The molecule has 0 aliphatic rings. The van der Waals surface area contributed by atoms with E-state index in [1.165, 1.54) is 0 Å². The standard InChI is InChI=1S/C8H10BrNO2S/c9-8-3-1-7(2-4-8)5-6-13(10,11)12/h1-4H,5-6H2,(H2,10,11,12). The normalized spacial score (nSPS) is 11.5. The second-order valence-electron chi connectivity index (χ2n) is 2.74. The van der Waals surface area contributed by atoms with Gasteiger partial charge in [0.2, 0.25) is 10.0 Å². The number of hydrogen-bond donors (Lipinski definition) is 1. The maximum Gasteiger partial charge on any atom is 0.209 e. The number of sulfonamides is 1.